The first kappa shape index (κ1) is 15.7. The number of hydrogen-bond acceptors (Lipinski definition) is 4. The van der Waals surface area contributed by atoms with Crippen molar-refractivity contribution in [2.24, 2.45) is 7.05 Å². The van der Waals surface area contributed by atoms with Crippen molar-refractivity contribution in [2.45, 2.75) is 46.1 Å². The minimum Gasteiger partial charge on any atom is -0.346 e. The molecule has 0 unspecified atom stereocenters. The molecule has 2 rings (SSSR count). The highest BCUT2D eigenvalue weighted by atomic mass is 32.1. The number of aryl methyl sites for hydroxylation is 3. The quantitative estimate of drug-likeness (QED) is 0.892. The van der Waals surface area contributed by atoms with Crippen molar-refractivity contribution in [3.05, 3.63) is 33.8 Å². The number of nitrogens with zero attached hydrogens (tertiary/aromatic N) is 3. The van der Waals surface area contributed by atoms with Crippen LogP contribution in [0.4, 0.5) is 0 Å². The third-order valence-corrected chi connectivity index (χ3v) is 4.48. The van der Waals surface area contributed by atoms with Crippen molar-refractivity contribution in [3.8, 4) is 0 Å². The van der Waals surface area contributed by atoms with E-state index in [1.807, 2.05) is 31.7 Å². The number of imidazole rings is 1. The number of aromatic nitrogens is 3. The molecule has 0 fully saturated rings. The number of hydrogen-bond donors (Lipinski definition) is 1. The number of thiazole rings is 1. The van der Waals surface area contributed by atoms with Crippen molar-refractivity contribution >= 4 is 17.2 Å². The predicted molar refractivity (Wildman–Crippen MR) is 84.3 cm³/mol. The molecular formula is C15H22N4OS. The monoisotopic (exact) mass is 306 g/mol. The van der Waals surface area contributed by atoms with Crippen LogP contribution < -0.4 is 5.32 Å². The fraction of sp³-hybridized carbons (Fsp3) is 0.533. The fourth-order valence-electron chi connectivity index (χ4n) is 2.40. The summed E-state index contributed by atoms with van der Waals surface area (Å²) in [5, 5.41) is 4.11. The fourth-order valence-corrected chi connectivity index (χ4v) is 3.33. The summed E-state index contributed by atoms with van der Waals surface area (Å²) in [7, 11) is 1.95. The molecule has 1 N–H and O–H groups in total. The van der Waals surface area contributed by atoms with E-state index in [2.05, 4.69) is 22.2 Å². The van der Waals surface area contributed by atoms with E-state index in [-0.39, 0.29) is 11.9 Å². The Bertz CT molecular complexity index is 617. The van der Waals surface area contributed by atoms with Gasteiger partial charge in [0, 0.05) is 24.3 Å². The van der Waals surface area contributed by atoms with Crippen LogP contribution in [0.2, 0.25) is 0 Å². The Morgan fingerprint density at radius 3 is 2.76 bits per heavy atom. The standard InChI is InChI=1S/C15H22N4OS/c1-5-6-12(15-16-7-8-19(15)4)18-14(20)9-13-10(2)17-11(3)21-13/h7-8,12H,5-6,9H2,1-4H3,(H,18,20)/t12-/m1/s1. The predicted octanol–water partition coefficient (Wildman–Crippen LogP) is 2.69. The molecular weight excluding hydrogens is 284 g/mol. The molecule has 2 aromatic heterocycles. The van der Waals surface area contributed by atoms with E-state index in [0.29, 0.717) is 6.42 Å². The zero-order chi connectivity index (χ0) is 15.4. The average molecular weight is 306 g/mol. The molecule has 1 atom stereocenters. The summed E-state index contributed by atoms with van der Waals surface area (Å²) in [6.07, 6.45) is 5.94. The first-order chi connectivity index (χ1) is 10.0. The smallest absolute Gasteiger partial charge is 0.225 e. The van der Waals surface area contributed by atoms with Crippen LogP contribution in [-0.2, 0) is 18.3 Å². The van der Waals surface area contributed by atoms with E-state index in [1.165, 1.54) is 0 Å². The lowest BCUT2D eigenvalue weighted by Crippen LogP contribution is -2.31. The van der Waals surface area contributed by atoms with Crippen molar-refractivity contribution in [1.82, 2.24) is 19.9 Å². The van der Waals surface area contributed by atoms with Crippen molar-refractivity contribution in [2.75, 3.05) is 0 Å². The molecule has 1 amide bonds. The van der Waals surface area contributed by atoms with Gasteiger partial charge >= 0.3 is 0 Å². The first-order valence-corrected chi connectivity index (χ1v) is 8.02. The maximum atomic E-state index is 12.3. The summed E-state index contributed by atoms with van der Waals surface area (Å²) < 4.78 is 1.96. The van der Waals surface area contributed by atoms with Gasteiger partial charge < -0.3 is 9.88 Å². The molecule has 0 aromatic carbocycles. The normalized spacial score (nSPS) is 12.4. The van der Waals surface area contributed by atoms with Crippen LogP contribution in [0, 0.1) is 13.8 Å². The zero-order valence-corrected chi connectivity index (χ0v) is 13.8. The van der Waals surface area contributed by atoms with Crippen molar-refractivity contribution in [1.29, 1.82) is 0 Å². The highest BCUT2D eigenvalue weighted by Crippen LogP contribution is 2.20. The molecule has 6 heteroatoms. The minimum absolute atomic E-state index is 0.0307. The van der Waals surface area contributed by atoms with Crippen LogP contribution >= 0.6 is 11.3 Å². The molecule has 114 valence electrons. The average Bonchev–Trinajstić information content (AvgIpc) is 2.95. The lowest BCUT2D eigenvalue weighted by Gasteiger charge is -2.17. The van der Waals surface area contributed by atoms with Crippen LogP contribution in [0.15, 0.2) is 12.4 Å². The topological polar surface area (TPSA) is 59.8 Å². The number of carbonyl (C=O) groups is 1. The van der Waals surface area contributed by atoms with Crippen LogP contribution in [0.3, 0.4) is 0 Å². The highest BCUT2D eigenvalue weighted by Gasteiger charge is 2.19. The lowest BCUT2D eigenvalue weighted by atomic mass is 10.1. The SMILES string of the molecule is CCC[C@@H](NC(=O)Cc1sc(C)nc1C)c1nccn1C. The minimum atomic E-state index is -0.0307. The summed E-state index contributed by atoms with van der Waals surface area (Å²) >= 11 is 1.59. The van der Waals surface area contributed by atoms with Gasteiger partial charge in [0.1, 0.15) is 5.82 Å². The molecule has 0 bridgehead atoms. The third kappa shape index (κ3) is 3.91. The molecule has 0 radical (unpaired) electrons. The second-order valence-corrected chi connectivity index (χ2v) is 6.51. The number of nitrogens with one attached hydrogen (secondary N) is 1. The molecule has 2 heterocycles. The largest absolute Gasteiger partial charge is 0.346 e. The molecule has 5 nitrogen and oxygen atoms in total. The van der Waals surface area contributed by atoms with Gasteiger partial charge in [-0.3, -0.25) is 4.79 Å². The van der Waals surface area contributed by atoms with Gasteiger partial charge in [0.2, 0.25) is 5.91 Å². The van der Waals surface area contributed by atoms with Gasteiger partial charge in [-0.25, -0.2) is 9.97 Å². The number of rotatable bonds is 6. The van der Waals surface area contributed by atoms with Crippen molar-refractivity contribution in [3.63, 3.8) is 0 Å². The lowest BCUT2D eigenvalue weighted by molar-refractivity contribution is -0.121. The Morgan fingerprint density at radius 2 is 2.24 bits per heavy atom. The van der Waals surface area contributed by atoms with Gasteiger partial charge in [-0.15, -0.1) is 11.3 Å². The van der Waals surface area contributed by atoms with Crippen LogP contribution in [0.1, 0.15) is 47.2 Å². The van der Waals surface area contributed by atoms with Crippen LogP contribution in [0.5, 0.6) is 0 Å². The van der Waals surface area contributed by atoms with Gasteiger partial charge in [0.25, 0.3) is 0 Å². The molecule has 0 aliphatic rings. The van der Waals surface area contributed by atoms with Gasteiger partial charge in [-0.05, 0) is 20.3 Å². The second-order valence-electron chi connectivity index (χ2n) is 5.22. The van der Waals surface area contributed by atoms with Crippen molar-refractivity contribution < 1.29 is 4.79 Å². The first-order valence-electron chi connectivity index (χ1n) is 7.20. The molecule has 0 saturated carbocycles. The number of amides is 1. The molecule has 0 aliphatic heterocycles. The number of carbonyl (C=O) groups excluding carboxylic acids is 1. The van der Waals surface area contributed by atoms with E-state index in [1.54, 1.807) is 17.5 Å². The Labute approximate surface area is 129 Å². The summed E-state index contributed by atoms with van der Waals surface area (Å²) in [6.45, 7) is 6.03. The van der Waals surface area contributed by atoms with E-state index in [4.69, 9.17) is 0 Å². The van der Waals surface area contributed by atoms with E-state index >= 15 is 0 Å². The molecule has 0 spiro atoms. The maximum Gasteiger partial charge on any atom is 0.225 e. The zero-order valence-electron chi connectivity index (χ0n) is 13.0. The van der Waals surface area contributed by atoms with E-state index < -0.39 is 0 Å². The van der Waals surface area contributed by atoms with Gasteiger partial charge in [-0.2, -0.15) is 0 Å². The Kier molecular flexibility index (Phi) is 5.12. The summed E-state index contributed by atoms with van der Waals surface area (Å²) in [5.74, 6) is 0.936. The molecule has 2 aromatic rings. The Morgan fingerprint density at radius 1 is 1.48 bits per heavy atom. The van der Waals surface area contributed by atoms with E-state index in [9.17, 15) is 4.79 Å². The second kappa shape index (κ2) is 6.85. The summed E-state index contributed by atoms with van der Waals surface area (Å²) in [5.41, 5.74) is 0.955. The Hall–Kier alpha value is -1.69. The molecule has 0 saturated heterocycles. The summed E-state index contributed by atoms with van der Waals surface area (Å²) in [4.78, 5) is 22.1. The van der Waals surface area contributed by atoms with Gasteiger partial charge in [-0.1, -0.05) is 13.3 Å². The van der Waals surface area contributed by atoms with Gasteiger partial charge in [0.15, 0.2) is 0 Å². The van der Waals surface area contributed by atoms with Gasteiger partial charge in [0.05, 0.1) is 23.2 Å². The maximum absolute atomic E-state index is 12.3. The summed E-state index contributed by atoms with van der Waals surface area (Å²) in [6, 6.07) is -0.0307. The van der Waals surface area contributed by atoms with Crippen LogP contribution in [-0.4, -0.2) is 20.4 Å². The van der Waals surface area contributed by atoms with E-state index in [0.717, 1.165) is 34.2 Å². The Balaban J connectivity index is 2.05. The third-order valence-electron chi connectivity index (χ3n) is 3.40. The van der Waals surface area contributed by atoms with Crippen LogP contribution in [0.25, 0.3) is 0 Å². The molecule has 21 heavy (non-hydrogen) atoms. The highest BCUT2D eigenvalue weighted by molar-refractivity contribution is 7.11. The molecule has 0 aliphatic carbocycles.